The fourth-order valence-corrected chi connectivity index (χ4v) is 2.99. The Labute approximate surface area is 178 Å². The van der Waals surface area contributed by atoms with Crippen LogP contribution < -0.4 is 14.2 Å². The second-order valence-corrected chi connectivity index (χ2v) is 8.07. The number of methoxy groups -OCH3 is 1. The van der Waals surface area contributed by atoms with Crippen LogP contribution in [0.2, 0.25) is 0 Å². The lowest BCUT2D eigenvalue weighted by atomic mass is 10.1. The molecule has 1 heterocycles. The smallest absolute Gasteiger partial charge is 0.204 e. The Bertz CT molecular complexity index is 1070. The van der Waals surface area contributed by atoms with E-state index in [1.165, 1.54) is 48.3 Å². The van der Waals surface area contributed by atoms with Crippen LogP contribution in [0.25, 0.3) is 12.2 Å². The van der Waals surface area contributed by atoms with Gasteiger partial charge in [-0.3, -0.25) is 0 Å². The van der Waals surface area contributed by atoms with Crippen molar-refractivity contribution in [3.05, 3.63) is 84.2 Å². The molecule has 7 heteroatoms. The van der Waals surface area contributed by atoms with Crippen LogP contribution in [-0.2, 0) is 17.2 Å². The summed E-state index contributed by atoms with van der Waals surface area (Å²) in [6.45, 7) is 0. The zero-order valence-corrected chi connectivity index (χ0v) is 18.3. The molecule has 2 aromatic carbocycles. The van der Waals surface area contributed by atoms with Gasteiger partial charge in [-0.15, -0.1) is 0 Å². The maximum Gasteiger partial charge on any atom is 0.204 e. The van der Waals surface area contributed by atoms with Crippen molar-refractivity contribution in [3.63, 3.8) is 0 Å². The van der Waals surface area contributed by atoms with Crippen molar-refractivity contribution < 1.29 is 22.3 Å². The van der Waals surface area contributed by atoms with Crippen molar-refractivity contribution in [1.82, 2.24) is 0 Å². The SMILES string of the molecule is CN(C)c1ccc(/C=C/c2cccc[n+]2C)cc1.COc1ccc(S(=O)(=O)[O-])cc1. The van der Waals surface area contributed by atoms with Gasteiger partial charge in [-0.05, 0) is 54.1 Å². The van der Waals surface area contributed by atoms with Gasteiger partial charge in [-0.25, -0.2) is 13.0 Å². The average molecular weight is 427 g/mol. The van der Waals surface area contributed by atoms with Gasteiger partial charge in [0, 0.05) is 38.0 Å². The molecule has 30 heavy (non-hydrogen) atoms. The molecular weight excluding hydrogens is 400 g/mol. The molecule has 0 aliphatic rings. The fraction of sp³-hybridized carbons (Fsp3) is 0.174. The minimum atomic E-state index is -4.33. The summed E-state index contributed by atoms with van der Waals surface area (Å²) in [5.74, 6) is 0.516. The number of anilines is 1. The van der Waals surface area contributed by atoms with Gasteiger partial charge < -0.3 is 14.2 Å². The van der Waals surface area contributed by atoms with E-state index in [4.69, 9.17) is 4.74 Å². The van der Waals surface area contributed by atoms with Crippen LogP contribution in [0.15, 0.2) is 77.8 Å². The Morgan fingerprint density at radius 1 is 0.933 bits per heavy atom. The topological polar surface area (TPSA) is 73.5 Å². The van der Waals surface area contributed by atoms with Crippen molar-refractivity contribution in [2.45, 2.75) is 4.90 Å². The molecule has 0 spiro atoms. The molecule has 3 rings (SSSR count). The number of aromatic nitrogens is 1. The number of pyridine rings is 1. The Balaban J connectivity index is 0.000000232. The number of hydrogen-bond acceptors (Lipinski definition) is 5. The summed E-state index contributed by atoms with van der Waals surface area (Å²) >= 11 is 0. The molecule has 3 aromatic rings. The maximum absolute atomic E-state index is 10.4. The molecule has 158 valence electrons. The van der Waals surface area contributed by atoms with E-state index in [0.29, 0.717) is 5.75 Å². The maximum atomic E-state index is 10.4. The molecule has 1 aromatic heterocycles. The van der Waals surface area contributed by atoms with E-state index in [1.807, 2.05) is 6.07 Å². The van der Waals surface area contributed by atoms with Crippen LogP contribution in [0.5, 0.6) is 5.75 Å². The number of nitrogens with zero attached hydrogens (tertiary/aromatic N) is 2. The Morgan fingerprint density at radius 3 is 2.07 bits per heavy atom. The van der Waals surface area contributed by atoms with E-state index in [2.05, 4.69) is 85.4 Å². The lowest BCUT2D eigenvalue weighted by molar-refractivity contribution is -0.673. The Kier molecular flexibility index (Phi) is 8.15. The predicted octanol–water partition coefficient (Wildman–Crippen LogP) is 3.35. The molecule has 0 fully saturated rings. The third-order valence-corrected chi connectivity index (χ3v) is 5.15. The third kappa shape index (κ3) is 7.02. The van der Waals surface area contributed by atoms with Crippen LogP contribution >= 0.6 is 0 Å². The van der Waals surface area contributed by atoms with Gasteiger partial charge in [0.1, 0.15) is 22.9 Å². The number of ether oxygens (including phenoxy) is 1. The van der Waals surface area contributed by atoms with Gasteiger partial charge in [-0.1, -0.05) is 12.1 Å². The molecule has 0 saturated heterocycles. The van der Waals surface area contributed by atoms with Crippen LogP contribution in [0, 0.1) is 0 Å². The first-order valence-electron chi connectivity index (χ1n) is 9.21. The summed E-state index contributed by atoms with van der Waals surface area (Å²) in [7, 11) is 3.28. The van der Waals surface area contributed by atoms with Crippen LogP contribution in [-0.4, -0.2) is 34.2 Å². The summed E-state index contributed by atoms with van der Waals surface area (Å²) < 4.78 is 38.2. The average Bonchev–Trinajstić information content (AvgIpc) is 2.73. The van der Waals surface area contributed by atoms with Crippen molar-refractivity contribution in [2.75, 3.05) is 26.1 Å². The number of hydrogen-bond donors (Lipinski definition) is 0. The fourth-order valence-electron chi connectivity index (χ4n) is 2.52. The van der Waals surface area contributed by atoms with Crippen molar-refractivity contribution in [3.8, 4) is 5.75 Å². The molecule has 0 saturated carbocycles. The second-order valence-electron chi connectivity index (χ2n) is 6.69. The summed E-state index contributed by atoms with van der Waals surface area (Å²) in [5, 5.41) is 0. The first-order chi connectivity index (χ1) is 14.2. The minimum absolute atomic E-state index is 0.247. The highest BCUT2D eigenvalue weighted by Gasteiger charge is 2.00. The summed E-state index contributed by atoms with van der Waals surface area (Å²) in [5.41, 5.74) is 3.62. The molecule has 0 aliphatic carbocycles. The quantitative estimate of drug-likeness (QED) is 0.462. The summed E-state index contributed by atoms with van der Waals surface area (Å²) in [4.78, 5) is 1.85. The number of rotatable bonds is 5. The highest BCUT2D eigenvalue weighted by atomic mass is 32.2. The lowest BCUT2D eigenvalue weighted by Gasteiger charge is -2.11. The third-order valence-electron chi connectivity index (χ3n) is 4.30. The molecular formula is C23H26N2O4S. The van der Waals surface area contributed by atoms with Gasteiger partial charge in [0.2, 0.25) is 5.69 Å². The zero-order chi connectivity index (χ0) is 22.1. The monoisotopic (exact) mass is 426 g/mol. The molecule has 0 bridgehead atoms. The summed E-state index contributed by atoms with van der Waals surface area (Å²) in [6.07, 6.45) is 6.31. The largest absolute Gasteiger partial charge is 0.744 e. The number of aryl methyl sites for hydroxylation is 1. The second kappa shape index (κ2) is 10.6. The molecule has 6 nitrogen and oxygen atoms in total. The molecule has 0 atom stereocenters. The van der Waals surface area contributed by atoms with Crippen LogP contribution in [0.3, 0.4) is 0 Å². The van der Waals surface area contributed by atoms with E-state index in [-0.39, 0.29) is 4.90 Å². The normalized spacial score (nSPS) is 11.0. The van der Waals surface area contributed by atoms with Gasteiger partial charge in [0.25, 0.3) is 0 Å². The van der Waals surface area contributed by atoms with Gasteiger partial charge in [0.05, 0.1) is 12.0 Å². The van der Waals surface area contributed by atoms with Gasteiger partial charge >= 0.3 is 0 Å². The zero-order valence-electron chi connectivity index (χ0n) is 17.5. The van der Waals surface area contributed by atoms with Crippen LogP contribution in [0.1, 0.15) is 11.3 Å². The predicted molar refractivity (Wildman–Crippen MR) is 118 cm³/mol. The lowest BCUT2D eigenvalue weighted by Crippen LogP contribution is -2.30. The van der Waals surface area contributed by atoms with E-state index in [1.54, 1.807) is 0 Å². The van der Waals surface area contributed by atoms with E-state index < -0.39 is 10.1 Å². The van der Waals surface area contributed by atoms with E-state index in [0.717, 1.165) is 0 Å². The highest BCUT2D eigenvalue weighted by molar-refractivity contribution is 7.85. The summed E-state index contributed by atoms with van der Waals surface area (Å²) in [6, 6.07) is 20.0. The van der Waals surface area contributed by atoms with Gasteiger partial charge in [0.15, 0.2) is 6.20 Å². The molecule has 0 amide bonds. The van der Waals surface area contributed by atoms with E-state index >= 15 is 0 Å². The molecule has 0 radical (unpaired) electrons. The molecule has 0 N–H and O–H groups in total. The Hall–Kier alpha value is -3.16. The van der Waals surface area contributed by atoms with Crippen molar-refractivity contribution in [1.29, 1.82) is 0 Å². The minimum Gasteiger partial charge on any atom is -0.744 e. The van der Waals surface area contributed by atoms with Crippen molar-refractivity contribution in [2.24, 2.45) is 7.05 Å². The van der Waals surface area contributed by atoms with Gasteiger partial charge in [-0.2, -0.15) is 0 Å². The Morgan fingerprint density at radius 2 is 1.57 bits per heavy atom. The first-order valence-corrected chi connectivity index (χ1v) is 10.6. The number of benzene rings is 2. The van der Waals surface area contributed by atoms with Crippen molar-refractivity contribution >= 4 is 28.0 Å². The first kappa shape index (κ1) is 23.1. The standard InChI is InChI=1S/C16H19N2.C7H8O4S/c1-17(2)15-10-7-14(8-11-15)9-12-16-6-4-5-13-18(16)3;1-11-6-2-4-7(5-3-6)12(8,9)10/h4-13H,1-3H3;2-5H,1H3,(H,8,9,10)/q+1;/p-1. The molecule has 0 aliphatic heterocycles. The van der Waals surface area contributed by atoms with Crippen LogP contribution in [0.4, 0.5) is 5.69 Å². The molecule has 0 unspecified atom stereocenters. The highest BCUT2D eigenvalue weighted by Crippen LogP contribution is 2.15. The van der Waals surface area contributed by atoms with E-state index in [9.17, 15) is 13.0 Å².